The molecule has 2 aliphatic rings. The normalized spacial score (nSPS) is 20.9. The number of benzene rings is 3. The quantitative estimate of drug-likeness (QED) is 0.272. The average molecular weight is 595 g/mol. The van der Waals surface area contributed by atoms with Gasteiger partial charge in [-0.15, -0.1) is 24.8 Å². The van der Waals surface area contributed by atoms with Gasteiger partial charge in [-0.1, -0.05) is 89.9 Å². The van der Waals surface area contributed by atoms with Gasteiger partial charge in [-0.2, -0.15) is 0 Å². The number of rotatable bonds is 7. The number of carbonyl (C=O) groups is 1. The Bertz CT molecular complexity index is 1120. The van der Waals surface area contributed by atoms with Crippen LogP contribution in [0.1, 0.15) is 42.0 Å². The number of piperidine rings is 1. The van der Waals surface area contributed by atoms with E-state index in [1.54, 1.807) is 0 Å². The number of hydrogen-bond acceptors (Lipinski definition) is 4. The van der Waals surface area contributed by atoms with Gasteiger partial charge in [-0.25, -0.2) is 0 Å². The Labute approximate surface area is 248 Å². The SMILES string of the molecule is Cl.Cl.O=C[C@@]1(N2CCN(C(c3ccccc3)c3ccccc3)CC2)CCCCN1Cc1ccc(Cl)c(Cl)c1. The minimum absolute atomic E-state index is 0. The molecule has 38 heavy (non-hydrogen) atoms. The molecule has 0 bridgehead atoms. The van der Waals surface area contributed by atoms with Crippen LogP contribution < -0.4 is 0 Å². The molecule has 5 rings (SSSR count). The van der Waals surface area contributed by atoms with Crippen LogP contribution in [0, 0.1) is 0 Å². The fraction of sp³-hybridized carbons (Fsp3) is 0.367. The maximum Gasteiger partial charge on any atom is 0.155 e. The van der Waals surface area contributed by atoms with Gasteiger partial charge in [0.15, 0.2) is 6.29 Å². The molecule has 1 atom stereocenters. The number of hydrogen-bond donors (Lipinski definition) is 0. The fourth-order valence-electron chi connectivity index (χ4n) is 5.93. The van der Waals surface area contributed by atoms with Crippen molar-refractivity contribution in [3.8, 4) is 0 Å². The summed E-state index contributed by atoms with van der Waals surface area (Å²) >= 11 is 12.4. The van der Waals surface area contributed by atoms with Crippen LogP contribution in [0.15, 0.2) is 78.9 Å². The standard InChI is InChI=1S/C30H33Cl2N3O.2ClH/c31-27-14-13-24(21-28(27)32)22-35-16-8-7-15-30(35,23-36)34-19-17-33(18-20-34)29(25-9-3-1-4-10-25)26-11-5-2-6-12-26;;/h1-6,9-14,21,23,29H,7-8,15-20,22H2;2*1H/t30-;;/m1../s1. The summed E-state index contributed by atoms with van der Waals surface area (Å²) in [4.78, 5) is 20.1. The summed E-state index contributed by atoms with van der Waals surface area (Å²) < 4.78 is 0. The number of piperazine rings is 1. The first-order valence-electron chi connectivity index (χ1n) is 12.8. The summed E-state index contributed by atoms with van der Waals surface area (Å²) in [5.74, 6) is 0. The topological polar surface area (TPSA) is 26.8 Å². The van der Waals surface area contributed by atoms with Crippen LogP contribution in [0.3, 0.4) is 0 Å². The second-order valence-corrected chi connectivity index (χ2v) is 10.7. The fourth-order valence-corrected chi connectivity index (χ4v) is 6.25. The number of likely N-dealkylation sites (tertiary alicyclic amines) is 1. The van der Waals surface area contributed by atoms with E-state index in [2.05, 4.69) is 75.4 Å². The van der Waals surface area contributed by atoms with Crippen molar-refractivity contribution in [1.29, 1.82) is 0 Å². The summed E-state index contributed by atoms with van der Waals surface area (Å²) in [7, 11) is 0. The molecule has 3 aromatic carbocycles. The van der Waals surface area contributed by atoms with Crippen molar-refractivity contribution < 1.29 is 4.79 Å². The highest BCUT2D eigenvalue weighted by molar-refractivity contribution is 6.42. The second-order valence-electron chi connectivity index (χ2n) is 9.87. The van der Waals surface area contributed by atoms with Crippen LogP contribution >= 0.6 is 48.0 Å². The Kier molecular flexibility index (Phi) is 11.5. The van der Waals surface area contributed by atoms with Crippen LogP contribution in [-0.4, -0.2) is 59.4 Å². The molecule has 4 nitrogen and oxygen atoms in total. The number of carbonyl (C=O) groups excluding carboxylic acids is 1. The maximum absolute atomic E-state index is 12.8. The van der Waals surface area contributed by atoms with Crippen molar-refractivity contribution in [3.05, 3.63) is 106 Å². The van der Waals surface area contributed by atoms with Crippen LogP contribution in [0.5, 0.6) is 0 Å². The second kappa shape index (κ2) is 14.1. The summed E-state index contributed by atoms with van der Waals surface area (Å²) in [5, 5.41) is 1.12. The van der Waals surface area contributed by atoms with Crippen molar-refractivity contribution in [2.75, 3.05) is 32.7 Å². The van der Waals surface area contributed by atoms with Gasteiger partial charge in [0.25, 0.3) is 0 Å². The third kappa shape index (κ3) is 6.56. The molecular weight excluding hydrogens is 560 g/mol. The predicted molar refractivity (Wildman–Crippen MR) is 162 cm³/mol. The molecule has 8 heteroatoms. The van der Waals surface area contributed by atoms with Crippen molar-refractivity contribution in [1.82, 2.24) is 14.7 Å². The molecule has 3 aromatic rings. The molecule has 2 aliphatic heterocycles. The van der Waals surface area contributed by atoms with Gasteiger partial charge in [-0.05, 0) is 48.1 Å². The van der Waals surface area contributed by atoms with Gasteiger partial charge in [-0.3, -0.25) is 19.5 Å². The largest absolute Gasteiger partial charge is 0.300 e. The summed E-state index contributed by atoms with van der Waals surface area (Å²) in [6.07, 6.45) is 4.22. The first-order valence-corrected chi connectivity index (χ1v) is 13.6. The van der Waals surface area contributed by atoms with Crippen LogP contribution in [0.25, 0.3) is 0 Å². The van der Waals surface area contributed by atoms with Gasteiger partial charge in [0.05, 0.1) is 16.1 Å². The monoisotopic (exact) mass is 593 g/mol. The Hall–Kier alpha value is -1.63. The molecule has 0 spiro atoms. The Morgan fingerprint density at radius 2 is 1.37 bits per heavy atom. The van der Waals surface area contributed by atoms with Crippen LogP contribution in [0.4, 0.5) is 0 Å². The van der Waals surface area contributed by atoms with Crippen molar-refractivity contribution in [2.24, 2.45) is 0 Å². The van der Waals surface area contributed by atoms with E-state index in [4.69, 9.17) is 23.2 Å². The Balaban J connectivity index is 0.00000200. The third-order valence-corrected chi connectivity index (χ3v) is 8.51. The first-order chi connectivity index (χ1) is 17.6. The zero-order valence-electron chi connectivity index (χ0n) is 21.3. The molecule has 2 fully saturated rings. The molecular formula is C30H35Cl4N3O. The molecule has 2 heterocycles. The highest BCUT2D eigenvalue weighted by Crippen LogP contribution is 2.35. The van der Waals surface area contributed by atoms with Crippen molar-refractivity contribution in [2.45, 2.75) is 37.5 Å². The summed E-state index contributed by atoms with van der Waals surface area (Å²) in [6, 6.07) is 27.5. The molecule has 0 N–H and O–H groups in total. The molecule has 0 aliphatic carbocycles. The Morgan fingerprint density at radius 1 is 0.763 bits per heavy atom. The molecule has 0 saturated carbocycles. The third-order valence-electron chi connectivity index (χ3n) is 7.77. The molecule has 0 radical (unpaired) electrons. The lowest BCUT2D eigenvalue weighted by molar-refractivity contribution is -0.145. The van der Waals surface area contributed by atoms with E-state index < -0.39 is 5.66 Å². The molecule has 0 amide bonds. The maximum atomic E-state index is 12.8. The Morgan fingerprint density at radius 3 is 1.92 bits per heavy atom. The molecule has 0 unspecified atom stereocenters. The van der Waals surface area contributed by atoms with E-state index in [0.29, 0.717) is 16.6 Å². The number of nitrogens with zero attached hydrogens (tertiary/aromatic N) is 3. The summed E-state index contributed by atoms with van der Waals surface area (Å²) in [5.41, 5.74) is 3.12. The summed E-state index contributed by atoms with van der Waals surface area (Å²) in [6.45, 7) is 5.11. The van der Waals surface area contributed by atoms with Gasteiger partial charge in [0, 0.05) is 39.3 Å². The van der Waals surface area contributed by atoms with E-state index in [-0.39, 0.29) is 30.9 Å². The van der Waals surface area contributed by atoms with Crippen molar-refractivity contribution >= 4 is 54.3 Å². The average Bonchev–Trinajstić information content (AvgIpc) is 2.93. The number of aldehydes is 1. The van der Waals surface area contributed by atoms with Crippen LogP contribution in [-0.2, 0) is 11.3 Å². The van der Waals surface area contributed by atoms with E-state index in [0.717, 1.165) is 57.5 Å². The van der Waals surface area contributed by atoms with Crippen LogP contribution in [0.2, 0.25) is 10.0 Å². The lowest BCUT2D eigenvalue weighted by Gasteiger charge is -2.53. The van der Waals surface area contributed by atoms with E-state index in [9.17, 15) is 4.79 Å². The minimum atomic E-state index is -0.578. The smallest absolute Gasteiger partial charge is 0.155 e. The first kappa shape index (κ1) is 30.9. The van der Waals surface area contributed by atoms with Crippen molar-refractivity contribution in [3.63, 3.8) is 0 Å². The van der Waals surface area contributed by atoms with E-state index >= 15 is 0 Å². The van der Waals surface area contributed by atoms with E-state index in [1.165, 1.54) is 17.4 Å². The van der Waals surface area contributed by atoms with E-state index in [1.807, 2.05) is 18.2 Å². The van der Waals surface area contributed by atoms with Gasteiger partial charge in [0.2, 0.25) is 0 Å². The molecule has 2 saturated heterocycles. The van der Waals surface area contributed by atoms with Gasteiger partial charge in [0.1, 0.15) is 5.66 Å². The zero-order valence-corrected chi connectivity index (χ0v) is 24.5. The molecule has 0 aromatic heterocycles. The highest BCUT2D eigenvalue weighted by atomic mass is 35.5. The lowest BCUT2D eigenvalue weighted by atomic mass is 9.92. The molecule has 204 valence electrons. The number of halogens is 4. The lowest BCUT2D eigenvalue weighted by Crippen LogP contribution is -2.67. The van der Waals surface area contributed by atoms with Gasteiger partial charge < -0.3 is 0 Å². The highest BCUT2D eigenvalue weighted by Gasteiger charge is 2.45. The predicted octanol–water partition coefficient (Wildman–Crippen LogP) is 7.13. The van der Waals surface area contributed by atoms with Gasteiger partial charge >= 0.3 is 0 Å². The zero-order chi connectivity index (χ0) is 25.0. The minimum Gasteiger partial charge on any atom is -0.300 e.